The van der Waals surface area contributed by atoms with Gasteiger partial charge >= 0.3 is 0 Å². The molecular formula is C17H15FN2. The van der Waals surface area contributed by atoms with Crippen LogP contribution in [0.4, 0.5) is 10.1 Å². The summed E-state index contributed by atoms with van der Waals surface area (Å²) in [5, 5.41) is 1.10. The molecule has 0 spiro atoms. The Kier molecular flexibility index (Phi) is 3.11. The third-order valence-corrected chi connectivity index (χ3v) is 3.30. The Balaban J connectivity index is 2.27. The molecule has 1 aromatic heterocycles. The highest BCUT2D eigenvalue weighted by atomic mass is 19.1. The summed E-state index contributed by atoms with van der Waals surface area (Å²) in [5.74, 6) is -0.246. The highest BCUT2D eigenvalue weighted by Gasteiger charge is 2.09. The van der Waals surface area contributed by atoms with Crippen LogP contribution in [0.1, 0.15) is 0 Å². The summed E-state index contributed by atoms with van der Waals surface area (Å²) in [6, 6.07) is 16.5. The van der Waals surface area contributed by atoms with Crippen LogP contribution < -0.4 is 4.90 Å². The lowest BCUT2D eigenvalue weighted by Gasteiger charge is -2.17. The number of para-hydroxylation sites is 1. The van der Waals surface area contributed by atoms with E-state index in [1.165, 1.54) is 12.1 Å². The van der Waals surface area contributed by atoms with Gasteiger partial charge in [0, 0.05) is 30.7 Å². The quantitative estimate of drug-likeness (QED) is 0.694. The van der Waals surface area contributed by atoms with Crippen LogP contribution in [0.3, 0.4) is 0 Å². The Morgan fingerprint density at radius 3 is 2.50 bits per heavy atom. The minimum atomic E-state index is -0.246. The van der Waals surface area contributed by atoms with E-state index in [4.69, 9.17) is 0 Å². The Bertz CT molecular complexity index is 766. The van der Waals surface area contributed by atoms with Gasteiger partial charge in [0.05, 0.1) is 11.2 Å². The van der Waals surface area contributed by atoms with E-state index in [0.717, 1.165) is 27.8 Å². The summed E-state index contributed by atoms with van der Waals surface area (Å²) in [4.78, 5) is 6.68. The van der Waals surface area contributed by atoms with Crippen molar-refractivity contribution in [1.82, 2.24) is 4.98 Å². The third kappa shape index (κ3) is 2.23. The Labute approximate surface area is 117 Å². The lowest BCUT2D eigenvalue weighted by atomic mass is 10.1. The molecule has 100 valence electrons. The number of hydrogen-bond acceptors (Lipinski definition) is 2. The minimum Gasteiger partial charge on any atom is -0.377 e. The van der Waals surface area contributed by atoms with Gasteiger partial charge in [-0.2, -0.15) is 0 Å². The molecule has 0 N–H and O–H groups in total. The molecule has 1 heterocycles. The van der Waals surface area contributed by atoms with Crippen LogP contribution in [-0.2, 0) is 0 Å². The summed E-state index contributed by atoms with van der Waals surface area (Å²) in [5.41, 5.74) is 3.57. The molecule has 0 aliphatic carbocycles. The number of aromatic nitrogens is 1. The average molecular weight is 266 g/mol. The van der Waals surface area contributed by atoms with Gasteiger partial charge in [-0.1, -0.05) is 30.3 Å². The predicted molar refractivity (Wildman–Crippen MR) is 81.5 cm³/mol. The first-order chi connectivity index (χ1) is 9.65. The van der Waals surface area contributed by atoms with Crippen LogP contribution in [-0.4, -0.2) is 19.1 Å². The zero-order valence-corrected chi connectivity index (χ0v) is 11.5. The highest BCUT2D eigenvalue weighted by Crippen LogP contribution is 2.29. The maximum atomic E-state index is 13.4. The fraction of sp³-hybridized carbons (Fsp3) is 0.118. The van der Waals surface area contributed by atoms with Gasteiger partial charge in [-0.05, 0) is 24.3 Å². The number of anilines is 1. The van der Waals surface area contributed by atoms with Gasteiger partial charge in [0.2, 0.25) is 0 Å². The molecule has 0 fully saturated rings. The molecule has 2 aromatic carbocycles. The van der Waals surface area contributed by atoms with Gasteiger partial charge in [-0.3, -0.25) is 0 Å². The van der Waals surface area contributed by atoms with Crippen molar-refractivity contribution >= 4 is 16.6 Å². The lowest BCUT2D eigenvalue weighted by molar-refractivity contribution is 0.628. The van der Waals surface area contributed by atoms with Gasteiger partial charge < -0.3 is 4.90 Å². The second kappa shape index (κ2) is 4.93. The average Bonchev–Trinajstić information content (AvgIpc) is 2.46. The van der Waals surface area contributed by atoms with E-state index >= 15 is 0 Å². The molecule has 20 heavy (non-hydrogen) atoms. The second-order valence-corrected chi connectivity index (χ2v) is 4.95. The largest absolute Gasteiger partial charge is 0.377 e. The molecule has 0 aliphatic heterocycles. The third-order valence-electron chi connectivity index (χ3n) is 3.30. The summed E-state index contributed by atoms with van der Waals surface area (Å²) in [7, 11) is 3.99. The number of pyridine rings is 1. The Morgan fingerprint density at radius 1 is 0.950 bits per heavy atom. The first-order valence-corrected chi connectivity index (χ1v) is 6.48. The first-order valence-electron chi connectivity index (χ1n) is 6.48. The van der Waals surface area contributed by atoms with E-state index in [0.29, 0.717) is 0 Å². The standard InChI is InChI=1S/C17H15FN2/c1-20(2)17-11-16(12-6-5-7-13(18)10-12)19-15-9-4-3-8-14(15)17/h3-11H,1-2H3. The summed E-state index contributed by atoms with van der Waals surface area (Å²) < 4.78 is 13.4. The molecule has 3 rings (SSSR count). The van der Waals surface area contributed by atoms with Crippen LogP contribution >= 0.6 is 0 Å². The maximum absolute atomic E-state index is 13.4. The molecule has 0 radical (unpaired) electrons. The predicted octanol–water partition coefficient (Wildman–Crippen LogP) is 4.11. The van der Waals surface area contributed by atoms with E-state index in [2.05, 4.69) is 4.98 Å². The van der Waals surface area contributed by atoms with Gasteiger partial charge in [-0.25, -0.2) is 9.37 Å². The van der Waals surface area contributed by atoms with E-state index in [1.807, 2.05) is 55.4 Å². The van der Waals surface area contributed by atoms with Crippen LogP contribution in [0.2, 0.25) is 0 Å². The van der Waals surface area contributed by atoms with E-state index in [9.17, 15) is 4.39 Å². The van der Waals surface area contributed by atoms with Gasteiger partial charge in [0.1, 0.15) is 5.82 Å². The molecule has 0 bridgehead atoms. The summed E-state index contributed by atoms with van der Waals surface area (Å²) in [6.07, 6.45) is 0. The topological polar surface area (TPSA) is 16.1 Å². The van der Waals surface area contributed by atoms with Crippen LogP contribution in [0.5, 0.6) is 0 Å². The van der Waals surface area contributed by atoms with Crippen molar-refractivity contribution in [2.24, 2.45) is 0 Å². The Morgan fingerprint density at radius 2 is 1.75 bits per heavy atom. The van der Waals surface area contributed by atoms with E-state index < -0.39 is 0 Å². The number of fused-ring (bicyclic) bond motifs is 1. The molecular weight excluding hydrogens is 251 g/mol. The fourth-order valence-electron chi connectivity index (χ4n) is 2.32. The number of hydrogen-bond donors (Lipinski definition) is 0. The number of benzene rings is 2. The highest BCUT2D eigenvalue weighted by molar-refractivity contribution is 5.94. The number of rotatable bonds is 2. The van der Waals surface area contributed by atoms with Crippen LogP contribution in [0, 0.1) is 5.82 Å². The van der Waals surface area contributed by atoms with Gasteiger partial charge in [-0.15, -0.1) is 0 Å². The van der Waals surface area contributed by atoms with Crippen molar-refractivity contribution in [2.75, 3.05) is 19.0 Å². The van der Waals surface area contributed by atoms with Crippen molar-refractivity contribution in [1.29, 1.82) is 0 Å². The Hall–Kier alpha value is -2.42. The second-order valence-electron chi connectivity index (χ2n) is 4.95. The minimum absolute atomic E-state index is 0.246. The lowest BCUT2D eigenvalue weighted by Crippen LogP contribution is -2.09. The fourth-order valence-corrected chi connectivity index (χ4v) is 2.32. The molecule has 0 atom stereocenters. The van der Waals surface area contributed by atoms with Crippen molar-refractivity contribution in [3.63, 3.8) is 0 Å². The summed E-state index contributed by atoms with van der Waals surface area (Å²) in [6.45, 7) is 0. The molecule has 0 saturated carbocycles. The normalized spacial score (nSPS) is 10.8. The van der Waals surface area contributed by atoms with E-state index in [-0.39, 0.29) is 5.82 Å². The zero-order chi connectivity index (χ0) is 14.1. The van der Waals surface area contributed by atoms with Gasteiger partial charge in [0.15, 0.2) is 0 Å². The monoisotopic (exact) mass is 266 g/mol. The zero-order valence-electron chi connectivity index (χ0n) is 11.5. The molecule has 3 aromatic rings. The van der Waals surface area contributed by atoms with Gasteiger partial charge in [0.25, 0.3) is 0 Å². The van der Waals surface area contributed by atoms with E-state index in [1.54, 1.807) is 6.07 Å². The van der Waals surface area contributed by atoms with Crippen molar-refractivity contribution < 1.29 is 4.39 Å². The number of halogens is 1. The smallest absolute Gasteiger partial charge is 0.123 e. The molecule has 2 nitrogen and oxygen atoms in total. The van der Waals surface area contributed by atoms with Crippen molar-refractivity contribution in [3.05, 3.63) is 60.4 Å². The summed E-state index contributed by atoms with van der Waals surface area (Å²) >= 11 is 0. The maximum Gasteiger partial charge on any atom is 0.123 e. The molecule has 0 unspecified atom stereocenters. The van der Waals surface area contributed by atoms with Crippen LogP contribution in [0.25, 0.3) is 22.2 Å². The molecule has 0 aliphatic rings. The van der Waals surface area contributed by atoms with Crippen LogP contribution in [0.15, 0.2) is 54.6 Å². The number of nitrogens with zero attached hydrogens (tertiary/aromatic N) is 2. The molecule has 0 amide bonds. The van der Waals surface area contributed by atoms with Crippen molar-refractivity contribution in [3.8, 4) is 11.3 Å². The first kappa shape index (κ1) is 12.6. The molecule has 3 heteroatoms. The molecule has 0 saturated heterocycles. The SMILES string of the molecule is CN(C)c1cc(-c2cccc(F)c2)nc2ccccc12. The van der Waals surface area contributed by atoms with Crippen molar-refractivity contribution in [2.45, 2.75) is 0 Å².